The molecule has 8 nitrogen and oxygen atoms in total. The van der Waals surface area contributed by atoms with Crippen molar-refractivity contribution in [3.8, 4) is 0 Å². The maximum atomic E-state index is 14.1. The Kier molecular flexibility index (Phi) is 5.14. The number of anilines is 3. The Morgan fingerprint density at radius 3 is 2.43 bits per heavy atom. The average Bonchev–Trinajstić information content (AvgIpc) is 3.65. The number of aliphatic hydroxyl groups is 1. The first kappa shape index (κ1) is 23.5. The Labute approximate surface area is 214 Å². The van der Waals surface area contributed by atoms with Gasteiger partial charge >= 0.3 is 0 Å². The SMILES string of the molecule is CC1C(=O)N(C)c2cnc(N3C(=O)c4c(cccc4C(C)(C)O)C3c3ccc(F)cc3)nc2N1C1CC1. The molecule has 2 atom stereocenters. The van der Waals surface area contributed by atoms with E-state index in [4.69, 9.17) is 4.98 Å². The summed E-state index contributed by atoms with van der Waals surface area (Å²) in [4.78, 5) is 41.5. The number of likely N-dealkylation sites (N-methyl/N-ethyl adjacent to an activating group) is 1. The number of carbonyl (C=O) groups is 2. The van der Waals surface area contributed by atoms with Crippen LogP contribution in [0, 0.1) is 5.82 Å². The third kappa shape index (κ3) is 3.60. The van der Waals surface area contributed by atoms with Gasteiger partial charge < -0.3 is 14.9 Å². The summed E-state index contributed by atoms with van der Waals surface area (Å²) in [5.41, 5.74) is 1.62. The van der Waals surface area contributed by atoms with E-state index in [0.29, 0.717) is 33.8 Å². The van der Waals surface area contributed by atoms with Gasteiger partial charge in [-0.05, 0) is 62.4 Å². The minimum atomic E-state index is -1.26. The summed E-state index contributed by atoms with van der Waals surface area (Å²) < 4.78 is 13.8. The predicted octanol–water partition coefficient (Wildman–Crippen LogP) is 3.93. The van der Waals surface area contributed by atoms with E-state index in [1.807, 2.05) is 24.0 Å². The molecule has 0 saturated heterocycles. The summed E-state index contributed by atoms with van der Waals surface area (Å²) in [6.45, 7) is 5.15. The molecule has 2 unspecified atom stereocenters. The molecule has 190 valence electrons. The fourth-order valence-electron chi connectivity index (χ4n) is 5.55. The van der Waals surface area contributed by atoms with Crippen LogP contribution < -0.4 is 14.7 Å². The standard InChI is InChI=1S/C28H28FN5O3/c1-15-25(35)32(4)21-14-30-27(31-24(21)33(15)18-12-13-18)34-23(16-8-10-17(29)11-9-16)19-6-5-7-20(28(2,3)37)22(19)26(34)36/h5-11,14-15,18,23,37H,12-13H2,1-4H3. The highest BCUT2D eigenvalue weighted by atomic mass is 19.1. The number of hydrogen-bond donors (Lipinski definition) is 1. The van der Waals surface area contributed by atoms with Crippen LogP contribution in [-0.2, 0) is 10.4 Å². The summed E-state index contributed by atoms with van der Waals surface area (Å²) in [6, 6.07) is 10.6. The second-order valence-corrected chi connectivity index (χ2v) is 10.5. The number of amides is 2. The van der Waals surface area contributed by atoms with Gasteiger partial charge in [-0.25, -0.2) is 9.37 Å². The molecule has 2 aliphatic heterocycles. The number of aromatic nitrogens is 2. The van der Waals surface area contributed by atoms with Gasteiger partial charge in [-0.15, -0.1) is 0 Å². The van der Waals surface area contributed by atoms with Gasteiger partial charge in [0, 0.05) is 13.1 Å². The largest absolute Gasteiger partial charge is 0.386 e. The Hall–Kier alpha value is -3.85. The molecule has 37 heavy (non-hydrogen) atoms. The summed E-state index contributed by atoms with van der Waals surface area (Å²) in [6.07, 6.45) is 3.54. The maximum Gasteiger partial charge on any atom is 0.262 e. The summed E-state index contributed by atoms with van der Waals surface area (Å²) in [7, 11) is 1.71. The number of rotatable bonds is 4. The van der Waals surface area contributed by atoms with Crippen molar-refractivity contribution in [3.05, 3.63) is 76.7 Å². The van der Waals surface area contributed by atoms with E-state index in [-0.39, 0.29) is 35.7 Å². The van der Waals surface area contributed by atoms with E-state index in [1.165, 1.54) is 17.0 Å². The zero-order chi connectivity index (χ0) is 26.2. The molecule has 2 amide bonds. The van der Waals surface area contributed by atoms with Gasteiger partial charge in [0.05, 0.1) is 23.4 Å². The Bertz CT molecular complexity index is 1430. The van der Waals surface area contributed by atoms with Crippen molar-refractivity contribution >= 4 is 29.3 Å². The summed E-state index contributed by atoms with van der Waals surface area (Å²) in [5, 5.41) is 10.9. The lowest BCUT2D eigenvalue weighted by atomic mass is 9.88. The van der Waals surface area contributed by atoms with E-state index >= 15 is 0 Å². The molecule has 0 spiro atoms. The molecule has 0 radical (unpaired) electrons. The molecule has 1 fully saturated rings. The minimum Gasteiger partial charge on any atom is -0.386 e. The van der Waals surface area contributed by atoms with E-state index in [9.17, 15) is 19.1 Å². The van der Waals surface area contributed by atoms with E-state index in [2.05, 4.69) is 4.98 Å². The molecular formula is C28H28FN5O3. The molecule has 3 aromatic rings. The van der Waals surface area contributed by atoms with Crippen LogP contribution in [0.15, 0.2) is 48.7 Å². The van der Waals surface area contributed by atoms with Crippen molar-refractivity contribution in [1.82, 2.24) is 9.97 Å². The lowest BCUT2D eigenvalue weighted by Crippen LogP contribution is -2.52. The smallest absolute Gasteiger partial charge is 0.262 e. The number of nitrogens with zero attached hydrogens (tertiary/aromatic N) is 5. The molecule has 3 aliphatic rings. The first-order chi connectivity index (χ1) is 17.6. The highest BCUT2D eigenvalue weighted by molar-refractivity contribution is 6.12. The van der Waals surface area contributed by atoms with Gasteiger partial charge in [-0.3, -0.25) is 14.5 Å². The van der Waals surface area contributed by atoms with Crippen LogP contribution in [0.1, 0.15) is 66.7 Å². The number of fused-ring (bicyclic) bond motifs is 2. The van der Waals surface area contributed by atoms with Crippen LogP contribution in [0.2, 0.25) is 0 Å². The highest BCUT2D eigenvalue weighted by Crippen LogP contribution is 2.46. The predicted molar refractivity (Wildman–Crippen MR) is 137 cm³/mol. The van der Waals surface area contributed by atoms with Crippen molar-refractivity contribution in [2.24, 2.45) is 0 Å². The first-order valence-electron chi connectivity index (χ1n) is 12.5. The summed E-state index contributed by atoms with van der Waals surface area (Å²) in [5.74, 6) is 0.0625. The van der Waals surface area contributed by atoms with E-state index < -0.39 is 11.6 Å². The van der Waals surface area contributed by atoms with Crippen LogP contribution in [0.5, 0.6) is 0 Å². The maximum absolute atomic E-state index is 14.1. The Balaban J connectivity index is 1.54. The van der Waals surface area contributed by atoms with E-state index in [1.54, 1.807) is 50.2 Å². The fraction of sp³-hybridized carbons (Fsp3) is 0.357. The van der Waals surface area contributed by atoms with Gasteiger partial charge in [-0.2, -0.15) is 4.98 Å². The Morgan fingerprint density at radius 2 is 1.78 bits per heavy atom. The van der Waals surface area contributed by atoms with E-state index in [0.717, 1.165) is 12.8 Å². The van der Waals surface area contributed by atoms with Crippen LogP contribution in [0.3, 0.4) is 0 Å². The zero-order valence-corrected chi connectivity index (χ0v) is 21.1. The van der Waals surface area contributed by atoms with Gasteiger partial charge in [-0.1, -0.05) is 30.3 Å². The zero-order valence-electron chi connectivity index (χ0n) is 21.1. The quantitative estimate of drug-likeness (QED) is 0.583. The second-order valence-electron chi connectivity index (χ2n) is 10.5. The molecule has 3 heterocycles. The first-order valence-corrected chi connectivity index (χ1v) is 12.5. The lowest BCUT2D eigenvalue weighted by molar-refractivity contribution is -0.119. The monoisotopic (exact) mass is 501 g/mol. The van der Waals surface area contributed by atoms with Crippen molar-refractivity contribution < 1.29 is 19.1 Å². The normalized spacial score (nSPS) is 21.4. The molecule has 1 saturated carbocycles. The molecule has 1 N–H and O–H groups in total. The number of halogens is 1. The number of benzene rings is 2. The van der Waals surface area contributed by atoms with Gasteiger partial charge in [0.15, 0.2) is 5.82 Å². The lowest BCUT2D eigenvalue weighted by Gasteiger charge is -2.39. The number of hydrogen-bond acceptors (Lipinski definition) is 6. The van der Waals surface area contributed by atoms with Gasteiger partial charge in [0.2, 0.25) is 11.9 Å². The second kappa shape index (κ2) is 8.08. The van der Waals surface area contributed by atoms with Crippen molar-refractivity contribution in [1.29, 1.82) is 0 Å². The van der Waals surface area contributed by atoms with Crippen LogP contribution in [-0.4, -0.2) is 46.0 Å². The molecular weight excluding hydrogens is 473 g/mol. The van der Waals surface area contributed by atoms with Crippen molar-refractivity contribution in [3.63, 3.8) is 0 Å². The third-order valence-corrected chi connectivity index (χ3v) is 7.53. The average molecular weight is 502 g/mol. The van der Waals surface area contributed by atoms with Crippen LogP contribution >= 0.6 is 0 Å². The Morgan fingerprint density at radius 1 is 1.08 bits per heavy atom. The number of carbonyl (C=O) groups excluding carboxylic acids is 2. The molecule has 1 aromatic heterocycles. The molecule has 1 aliphatic carbocycles. The van der Waals surface area contributed by atoms with Crippen molar-refractivity contribution in [2.75, 3.05) is 21.7 Å². The van der Waals surface area contributed by atoms with Crippen LogP contribution in [0.4, 0.5) is 21.8 Å². The van der Waals surface area contributed by atoms with Crippen LogP contribution in [0.25, 0.3) is 0 Å². The third-order valence-electron chi connectivity index (χ3n) is 7.53. The topological polar surface area (TPSA) is 89.9 Å². The molecule has 6 rings (SSSR count). The molecule has 2 aromatic carbocycles. The van der Waals surface area contributed by atoms with Gasteiger partial charge in [0.1, 0.15) is 17.5 Å². The van der Waals surface area contributed by atoms with Gasteiger partial charge in [0.25, 0.3) is 5.91 Å². The summed E-state index contributed by atoms with van der Waals surface area (Å²) >= 11 is 0. The fourth-order valence-corrected chi connectivity index (χ4v) is 5.55. The molecule has 0 bridgehead atoms. The highest BCUT2D eigenvalue weighted by Gasteiger charge is 2.46. The molecule has 9 heteroatoms. The van der Waals surface area contributed by atoms with Crippen molar-refractivity contribution in [2.45, 2.75) is 57.3 Å². The minimum absolute atomic E-state index is 0.0283.